The Morgan fingerprint density at radius 3 is 2.42 bits per heavy atom. The lowest BCUT2D eigenvalue weighted by atomic mass is 10.0. The van der Waals surface area contributed by atoms with Crippen molar-refractivity contribution in [3.63, 3.8) is 0 Å². The standard InChI is InChI=1S/C27H24ClNO6S/c1-3-7-23(29-36(32,33)19-12-10-17(2)11-13-19)27(31)35-25-16-24-21(14-22(25)28)20(15-26(30)34-24)18-8-5-4-6-9-18/h4-6,8-16,23,29H,3,7H2,1-2H3. The van der Waals surface area contributed by atoms with Crippen molar-refractivity contribution in [1.29, 1.82) is 0 Å². The van der Waals surface area contributed by atoms with E-state index >= 15 is 0 Å². The topological polar surface area (TPSA) is 103 Å². The van der Waals surface area contributed by atoms with Crippen molar-refractivity contribution in [2.75, 3.05) is 0 Å². The molecule has 1 atom stereocenters. The van der Waals surface area contributed by atoms with E-state index in [4.69, 9.17) is 20.8 Å². The number of rotatable bonds is 8. The number of hydrogen-bond acceptors (Lipinski definition) is 6. The number of fused-ring (bicyclic) bond motifs is 1. The van der Waals surface area contributed by atoms with Gasteiger partial charge in [0.1, 0.15) is 11.6 Å². The van der Waals surface area contributed by atoms with Gasteiger partial charge in [-0.25, -0.2) is 18.0 Å². The molecule has 36 heavy (non-hydrogen) atoms. The van der Waals surface area contributed by atoms with Gasteiger partial charge in [-0.1, -0.05) is 73.0 Å². The molecule has 1 unspecified atom stereocenters. The predicted molar refractivity (Wildman–Crippen MR) is 139 cm³/mol. The third-order valence-corrected chi connectivity index (χ3v) is 7.37. The third kappa shape index (κ3) is 5.67. The van der Waals surface area contributed by atoms with Crippen LogP contribution >= 0.6 is 11.6 Å². The number of nitrogens with one attached hydrogen (secondary N) is 1. The Kier molecular flexibility index (Phi) is 7.59. The molecule has 186 valence electrons. The lowest BCUT2D eigenvalue weighted by molar-refractivity contribution is -0.136. The van der Waals surface area contributed by atoms with Gasteiger partial charge in [0.25, 0.3) is 0 Å². The fraction of sp³-hybridized carbons (Fsp3) is 0.185. The molecule has 0 fully saturated rings. The number of ether oxygens (including phenoxy) is 1. The van der Waals surface area contributed by atoms with Crippen molar-refractivity contribution in [2.45, 2.75) is 37.6 Å². The van der Waals surface area contributed by atoms with Crippen LogP contribution < -0.4 is 15.1 Å². The highest BCUT2D eigenvalue weighted by atomic mass is 35.5. The Morgan fingerprint density at radius 1 is 1.06 bits per heavy atom. The molecule has 0 aliphatic rings. The molecule has 1 N–H and O–H groups in total. The van der Waals surface area contributed by atoms with Gasteiger partial charge in [-0.05, 0) is 42.7 Å². The first-order valence-electron chi connectivity index (χ1n) is 11.3. The van der Waals surface area contributed by atoms with Crippen molar-refractivity contribution in [3.05, 3.63) is 93.8 Å². The SMILES string of the molecule is CCCC(NS(=O)(=O)c1ccc(C)cc1)C(=O)Oc1cc2oc(=O)cc(-c3ccccc3)c2cc1Cl. The minimum absolute atomic E-state index is 0.0426. The largest absolute Gasteiger partial charge is 0.424 e. The highest BCUT2D eigenvalue weighted by Gasteiger charge is 2.27. The van der Waals surface area contributed by atoms with Gasteiger partial charge >= 0.3 is 11.6 Å². The van der Waals surface area contributed by atoms with E-state index < -0.39 is 27.7 Å². The molecule has 1 heterocycles. The first-order valence-corrected chi connectivity index (χ1v) is 13.2. The molecule has 0 aliphatic heterocycles. The van der Waals surface area contributed by atoms with E-state index in [1.54, 1.807) is 18.2 Å². The van der Waals surface area contributed by atoms with Crippen LogP contribution in [-0.2, 0) is 14.8 Å². The third-order valence-electron chi connectivity index (χ3n) is 5.58. The number of aryl methyl sites for hydroxylation is 1. The summed E-state index contributed by atoms with van der Waals surface area (Å²) in [6.07, 6.45) is 0.735. The number of halogens is 1. The molecule has 0 radical (unpaired) electrons. The summed E-state index contributed by atoms with van der Waals surface area (Å²) in [5.41, 5.74) is 1.93. The molecule has 9 heteroatoms. The Labute approximate surface area is 213 Å². The van der Waals surface area contributed by atoms with Crippen LogP contribution in [0.3, 0.4) is 0 Å². The summed E-state index contributed by atoms with van der Waals surface area (Å²) < 4.78 is 38.9. The number of esters is 1. The molecule has 7 nitrogen and oxygen atoms in total. The van der Waals surface area contributed by atoms with Gasteiger partial charge in [0.05, 0.1) is 9.92 Å². The molecule has 3 aromatic carbocycles. The number of benzene rings is 3. The zero-order valence-electron chi connectivity index (χ0n) is 19.7. The van der Waals surface area contributed by atoms with E-state index in [1.165, 1.54) is 24.3 Å². The summed E-state index contributed by atoms with van der Waals surface area (Å²) >= 11 is 6.44. The fourth-order valence-electron chi connectivity index (χ4n) is 3.76. The van der Waals surface area contributed by atoms with E-state index in [0.717, 1.165) is 11.1 Å². The van der Waals surface area contributed by atoms with Crippen LogP contribution in [0.15, 0.2) is 86.9 Å². The molecular formula is C27H24ClNO6S. The van der Waals surface area contributed by atoms with Gasteiger partial charge in [-0.15, -0.1) is 0 Å². The average molecular weight is 526 g/mol. The number of carbonyl (C=O) groups is 1. The first-order chi connectivity index (χ1) is 17.2. The second-order valence-corrected chi connectivity index (χ2v) is 10.4. The fourth-order valence-corrected chi connectivity index (χ4v) is 5.19. The van der Waals surface area contributed by atoms with Gasteiger partial charge < -0.3 is 9.15 Å². The molecule has 4 rings (SSSR count). The molecule has 0 saturated carbocycles. The number of hydrogen-bond donors (Lipinski definition) is 1. The smallest absolute Gasteiger partial charge is 0.336 e. The predicted octanol–water partition coefficient (Wildman–Crippen LogP) is 5.47. The summed E-state index contributed by atoms with van der Waals surface area (Å²) in [5, 5.41) is 0.675. The first kappa shape index (κ1) is 25.6. The van der Waals surface area contributed by atoms with Gasteiger partial charge in [0.15, 0.2) is 5.75 Å². The number of carbonyl (C=O) groups excluding carboxylic acids is 1. The van der Waals surface area contributed by atoms with Crippen LogP contribution in [0.5, 0.6) is 5.75 Å². The molecule has 1 aromatic heterocycles. The second-order valence-electron chi connectivity index (χ2n) is 8.32. The molecule has 0 saturated heterocycles. The maximum absolute atomic E-state index is 13.0. The summed E-state index contributed by atoms with van der Waals surface area (Å²) in [6, 6.07) is 18.7. The summed E-state index contributed by atoms with van der Waals surface area (Å²) in [6.45, 7) is 3.67. The highest BCUT2D eigenvalue weighted by molar-refractivity contribution is 7.89. The summed E-state index contributed by atoms with van der Waals surface area (Å²) in [7, 11) is -3.97. The van der Waals surface area contributed by atoms with Crippen molar-refractivity contribution in [3.8, 4) is 16.9 Å². The Bertz CT molecular complexity index is 1560. The van der Waals surface area contributed by atoms with Crippen LogP contribution in [0, 0.1) is 6.92 Å². The molecule has 0 amide bonds. The van der Waals surface area contributed by atoms with Gasteiger partial charge in [0, 0.05) is 17.5 Å². The van der Waals surface area contributed by atoms with Crippen molar-refractivity contribution in [1.82, 2.24) is 4.72 Å². The Morgan fingerprint density at radius 2 is 1.75 bits per heavy atom. The molecule has 4 aromatic rings. The van der Waals surface area contributed by atoms with Gasteiger partial charge in [-0.2, -0.15) is 4.72 Å². The van der Waals surface area contributed by atoms with Crippen LogP contribution in [-0.4, -0.2) is 20.4 Å². The van der Waals surface area contributed by atoms with Crippen molar-refractivity contribution < 1.29 is 22.4 Å². The van der Waals surface area contributed by atoms with Gasteiger partial charge in [0.2, 0.25) is 10.0 Å². The van der Waals surface area contributed by atoms with E-state index in [1.807, 2.05) is 44.2 Å². The van der Waals surface area contributed by atoms with E-state index in [0.29, 0.717) is 17.4 Å². The van der Waals surface area contributed by atoms with Crippen LogP contribution in [0.1, 0.15) is 25.3 Å². The van der Waals surface area contributed by atoms with Crippen molar-refractivity contribution in [2.24, 2.45) is 0 Å². The van der Waals surface area contributed by atoms with E-state index in [-0.39, 0.29) is 27.7 Å². The van der Waals surface area contributed by atoms with Crippen LogP contribution in [0.2, 0.25) is 5.02 Å². The summed E-state index contributed by atoms with van der Waals surface area (Å²) in [4.78, 5) is 25.3. The maximum Gasteiger partial charge on any atom is 0.336 e. The molecule has 0 aliphatic carbocycles. The van der Waals surface area contributed by atoms with E-state index in [9.17, 15) is 18.0 Å². The molecule has 0 spiro atoms. The zero-order chi connectivity index (χ0) is 25.9. The minimum Gasteiger partial charge on any atom is -0.424 e. The minimum atomic E-state index is -3.97. The Hall–Kier alpha value is -3.46. The average Bonchev–Trinajstić information content (AvgIpc) is 2.85. The van der Waals surface area contributed by atoms with Gasteiger partial charge in [-0.3, -0.25) is 0 Å². The number of sulfonamides is 1. The quantitative estimate of drug-likeness (QED) is 0.186. The van der Waals surface area contributed by atoms with E-state index in [2.05, 4.69) is 4.72 Å². The lowest BCUT2D eigenvalue weighted by Gasteiger charge is -2.18. The normalized spacial score (nSPS) is 12.4. The monoisotopic (exact) mass is 525 g/mol. The van der Waals surface area contributed by atoms with Crippen LogP contribution in [0.25, 0.3) is 22.1 Å². The highest BCUT2D eigenvalue weighted by Crippen LogP contribution is 2.35. The molecular weight excluding hydrogens is 502 g/mol. The summed E-state index contributed by atoms with van der Waals surface area (Å²) in [5.74, 6) is -0.867. The van der Waals surface area contributed by atoms with Crippen molar-refractivity contribution >= 4 is 38.6 Å². The second kappa shape index (κ2) is 10.7. The lowest BCUT2D eigenvalue weighted by Crippen LogP contribution is -2.42. The Balaban J connectivity index is 1.64. The molecule has 0 bridgehead atoms. The van der Waals surface area contributed by atoms with Crippen LogP contribution in [0.4, 0.5) is 0 Å². The maximum atomic E-state index is 13.0. The zero-order valence-corrected chi connectivity index (χ0v) is 21.2.